The van der Waals surface area contributed by atoms with Crippen LogP contribution in [0.4, 0.5) is 5.82 Å². The average molecular weight is 292 g/mol. The van der Waals surface area contributed by atoms with Crippen LogP contribution in [0.2, 0.25) is 0 Å². The van der Waals surface area contributed by atoms with E-state index in [4.69, 9.17) is 4.74 Å². The maximum absolute atomic E-state index is 5.25. The number of aryl methyl sites for hydroxylation is 1. The number of hydrazone groups is 1. The van der Waals surface area contributed by atoms with Gasteiger partial charge in [-0.1, -0.05) is 6.07 Å². The lowest BCUT2D eigenvalue weighted by atomic mass is 10.1. The summed E-state index contributed by atoms with van der Waals surface area (Å²) in [5, 5.41) is 5.24. The van der Waals surface area contributed by atoms with Crippen molar-refractivity contribution in [1.82, 2.24) is 9.97 Å². The molecule has 3 aromatic rings. The van der Waals surface area contributed by atoms with Gasteiger partial charge < -0.3 is 4.74 Å². The van der Waals surface area contributed by atoms with E-state index in [-0.39, 0.29) is 0 Å². The van der Waals surface area contributed by atoms with Gasteiger partial charge in [0, 0.05) is 11.6 Å². The Morgan fingerprint density at radius 2 is 2.09 bits per heavy atom. The van der Waals surface area contributed by atoms with Crippen LogP contribution in [0.3, 0.4) is 0 Å². The van der Waals surface area contributed by atoms with E-state index in [1.54, 1.807) is 19.5 Å². The molecule has 1 N–H and O–H groups in total. The zero-order chi connectivity index (χ0) is 15.4. The van der Waals surface area contributed by atoms with Gasteiger partial charge in [0.25, 0.3) is 0 Å². The summed E-state index contributed by atoms with van der Waals surface area (Å²) in [6, 6.07) is 13.4. The normalized spacial score (nSPS) is 11.0. The van der Waals surface area contributed by atoms with Crippen molar-refractivity contribution in [2.24, 2.45) is 5.10 Å². The fraction of sp³-hybridized carbons (Fsp3) is 0.118. The monoisotopic (exact) mass is 292 g/mol. The Kier molecular flexibility index (Phi) is 3.96. The Bertz CT molecular complexity index is 816. The van der Waals surface area contributed by atoms with Gasteiger partial charge in [-0.05, 0) is 48.9 Å². The summed E-state index contributed by atoms with van der Waals surface area (Å²) >= 11 is 0. The molecule has 0 saturated carbocycles. The number of anilines is 1. The largest absolute Gasteiger partial charge is 0.497 e. The second-order valence-electron chi connectivity index (χ2n) is 4.83. The highest BCUT2D eigenvalue weighted by molar-refractivity contribution is 5.85. The van der Waals surface area contributed by atoms with Gasteiger partial charge in [0.15, 0.2) is 0 Å². The minimum Gasteiger partial charge on any atom is -0.497 e. The van der Waals surface area contributed by atoms with Gasteiger partial charge >= 0.3 is 0 Å². The molecule has 0 radical (unpaired) electrons. The van der Waals surface area contributed by atoms with Crippen LogP contribution in [0, 0.1) is 6.92 Å². The molecule has 0 bridgehead atoms. The molecule has 0 aliphatic rings. The van der Waals surface area contributed by atoms with Crippen molar-refractivity contribution in [3.05, 3.63) is 59.9 Å². The molecule has 5 nitrogen and oxygen atoms in total. The number of hydrogen-bond acceptors (Lipinski definition) is 5. The molecule has 2 heterocycles. The van der Waals surface area contributed by atoms with Gasteiger partial charge in [-0.25, -0.2) is 4.98 Å². The number of fused-ring (bicyclic) bond motifs is 1. The number of aromatic nitrogens is 2. The third kappa shape index (κ3) is 3.03. The van der Waals surface area contributed by atoms with E-state index in [1.165, 1.54) is 0 Å². The van der Waals surface area contributed by atoms with Crippen LogP contribution in [0.25, 0.3) is 10.9 Å². The van der Waals surface area contributed by atoms with Crippen LogP contribution in [-0.4, -0.2) is 23.3 Å². The topological polar surface area (TPSA) is 59.4 Å². The minimum atomic E-state index is 0.697. The zero-order valence-electron chi connectivity index (χ0n) is 12.4. The van der Waals surface area contributed by atoms with Gasteiger partial charge in [0.2, 0.25) is 0 Å². The SMILES string of the molecule is COc1ccc2nc(NN=Cc3ccccn3)cc(C)c2c1. The van der Waals surface area contributed by atoms with Crippen LogP contribution in [0.15, 0.2) is 53.8 Å². The number of ether oxygens (including phenoxy) is 1. The van der Waals surface area contributed by atoms with Crippen molar-refractivity contribution in [2.45, 2.75) is 6.92 Å². The van der Waals surface area contributed by atoms with E-state index < -0.39 is 0 Å². The summed E-state index contributed by atoms with van der Waals surface area (Å²) in [7, 11) is 1.66. The molecule has 1 aromatic carbocycles. The van der Waals surface area contributed by atoms with Gasteiger partial charge in [0.05, 0.1) is 24.5 Å². The van der Waals surface area contributed by atoms with Crippen LogP contribution >= 0.6 is 0 Å². The number of nitrogens with zero attached hydrogens (tertiary/aromatic N) is 3. The van der Waals surface area contributed by atoms with Crippen molar-refractivity contribution in [2.75, 3.05) is 12.5 Å². The van der Waals surface area contributed by atoms with E-state index in [9.17, 15) is 0 Å². The van der Waals surface area contributed by atoms with Crippen molar-refractivity contribution in [1.29, 1.82) is 0 Å². The number of nitrogens with one attached hydrogen (secondary N) is 1. The van der Waals surface area contributed by atoms with Gasteiger partial charge in [-0.3, -0.25) is 10.4 Å². The first-order valence-electron chi connectivity index (χ1n) is 6.92. The van der Waals surface area contributed by atoms with Crippen molar-refractivity contribution in [3.8, 4) is 5.75 Å². The van der Waals surface area contributed by atoms with E-state index in [2.05, 4.69) is 20.5 Å². The first-order chi connectivity index (χ1) is 10.8. The number of pyridine rings is 2. The molecule has 0 amide bonds. The molecule has 22 heavy (non-hydrogen) atoms. The Morgan fingerprint density at radius 1 is 1.18 bits per heavy atom. The van der Waals surface area contributed by atoms with E-state index >= 15 is 0 Å². The van der Waals surface area contributed by atoms with Gasteiger partial charge in [0.1, 0.15) is 11.6 Å². The van der Waals surface area contributed by atoms with Crippen LogP contribution < -0.4 is 10.2 Å². The lowest BCUT2D eigenvalue weighted by Crippen LogP contribution is -1.96. The van der Waals surface area contributed by atoms with E-state index in [1.807, 2.05) is 49.4 Å². The lowest BCUT2D eigenvalue weighted by molar-refractivity contribution is 0.415. The van der Waals surface area contributed by atoms with Gasteiger partial charge in [-0.2, -0.15) is 5.10 Å². The second-order valence-corrected chi connectivity index (χ2v) is 4.83. The summed E-state index contributed by atoms with van der Waals surface area (Å²) < 4.78 is 5.25. The zero-order valence-corrected chi connectivity index (χ0v) is 12.4. The van der Waals surface area contributed by atoms with E-state index in [0.717, 1.165) is 27.9 Å². The summed E-state index contributed by atoms with van der Waals surface area (Å²) in [5.74, 6) is 1.52. The van der Waals surface area contributed by atoms with Crippen molar-refractivity contribution >= 4 is 22.9 Å². The van der Waals surface area contributed by atoms with Crippen molar-refractivity contribution in [3.63, 3.8) is 0 Å². The molecule has 0 saturated heterocycles. The predicted octanol–water partition coefficient (Wildman–Crippen LogP) is 3.39. The maximum Gasteiger partial charge on any atom is 0.147 e. The summed E-state index contributed by atoms with van der Waals surface area (Å²) in [4.78, 5) is 8.71. The molecule has 0 atom stereocenters. The van der Waals surface area contributed by atoms with Crippen LogP contribution in [-0.2, 0) is 0 Å². The predicted molar refractivity (Wildman–Crippen MR) is 88.5 cm³/mol. The molecule has 5 heteroatoms. The Balaban J connectivity index is 1.84. The quantitative estimate of drug-likeness (QED) is 0.591. The number of benzene rings is 1. The minimum absolute atomic E-state index is 0.697. The molecular formula is C17H16N4O. The highest BCUT2D eigenvalue weighted by Gasteiger charge is 2.03. The second kappa shape index (κ2) is 6.22. The van der Waals surface area contributed by atoms with E-state index in [0.29, 0.717) is 5.82 Å². The molecule has 0 spiro atoms. The standard InChI is InChI=1S/C17H16N4O/c1-12-9-17(21-19-11-13-5-3-4-8-18-13)20-16-7-6-14(22-2)10-15(12)16/h3-11H,1-2H3,(H,20,21). The molecular weight excluding hydrogens is 276 g/mol. The molecule has 0 aliphatic carbocycles. The Morgan fingerprint density at radius 3 is 2.86 bits per heavy atom. The first kappa shape index (κ1) is 14.0. The third-order valence-electron chi connectivity index (χ3n) is 3.29. The molecule has 0 aliphatic heterocycles. The maximum atomic E-state index is 5.25. The molecule has 110 valence electrons. The third-order valence-corrected chi connectivity index (χ3v) is 3.29. The highest BCUT2D eigenvalue weighted by Crippen LogP contribution is 2.24. The summed E-state index contributed by atoms with van der Waals surface area (Å²) in [5.41, 5.74) is 5.74. The van der Waals surface area contributed by atoms with Crippen molar-refractivity contribution < 1.29 is 4.74 Å². The first-order valence-corrected chi connectivity index (χ1v) is 6.92. The molecule has 2 aromatic heterocycles. The summed E-state index contributed by atoms with van der Waals surface area (Å²) in [6.45, 7) is 2.04. The number of methoxy groups -OCH3 is 1. The van der Waals surface area contributed by atoms with Gasteiger partial charge in [-0.15, -0.1) is 0 Å². The summed E-state index contributed by atoms with van der Waals surface area (Å²) in [6.07, 6.45) is 3.39. The molecule has 0 unspecified atom stereocenters. The highest BCUT2D eigenvalue weighted by atomic mass is 16.5. The smallest absolute Gasteiger partial charge is 0.147 e. The fourth-order valence-corrected chi connectivity index (χ4v) is 2.17. The fourth-order valence-electron chi connectivity index (χ4n) is 2.17. The Labute approximate surface area is 128 Å². The molecule has 3 rings (SSSR count). The average Bonchev–Trinajstić information content (AvgIpc) is 2.56. The number of hydrogen-bond donors (Lipinski definition) is 1. The Hall–Kier alpha value is -2.95. The van der Waals surface area contributed by atoms with Crippen LogP contribution in [0.5, 0.6) is 5.75 Å². The number of rotatable bonds is 4. The van der Waals surface area contributed by atoms with Crippen LogP contribution in [0.1, 0.15) is 11.3 Å². The lowest BCUT2D eigenvalue weighted by Gasteiger charge is -2.07. The molecule has 0 fully saturated rings.